The number of aliphatic hydroxyl groups excluding tert-OH is 2. The Morgan fingerprint density at radius 2 is 0.676 bits per heavy atom. The Balaban J connectivity index is 3.39. The van der Waals surface area contributed by atoms with E-state index >= 15 is 0 Å². The van der Waals surface area contributed by atoms with Crippen molar-refractivity contribution in [3.05, 3.63) is 36.5 Å². The van der Waals surface area contributed by atoms with Crippen molar-refractivity contribution in [3.63, 3.8) is 0 Å². The number of ether oxygens (including phenoxy) is 1. The Morgan fingerprint density at radius 1 is 0.378 bits per heavy atom. The van der Waals surface area contributed by atoms with Crippen LogP contribution in [0.2, 0.25) is 0 Å². The average Bonchev–Trinajstić information content (AvgIpc) is 3.40. The molecule has 0 aromatic carbocycles. The lowest BCUT2D eigenvalue weighted by Crippen LogP contribution is -2.45. The number of carbonyl (C=O) groups is 2. The third-order valence-corrected chi connectivity index (χ3v) is 15.4. The van der Waals surface area contributed by atoms with Crippen molar-refractivity contribution in [2.75, 3.05) is 13.2 Å². The van der Waals surface area contributed by atoms with Crippen molar-refractivity contribution in [2.24, 2.45) is 0 Å². The van der Waals surface area contributed by atoms with E-state index in [0.29, 0.717) is 25.9 Å². The van der Waals surface area contributed by atoms with E-state index in [4.69, 9.17) is 4.74 Å². The van der Waals surface area contributed by atoms with Gasteiger partial charge in [0.25, 0.3) is 0 Å². The predicted octanol–water partition coefficient (Wildman–Crippen LogP) is 21.1. The molecular weight excluding hydrogens is 911 g/mol. The first-order valence-electron chi connectivity index (χ1n) is 33.2. The van der Waals surface area contributed by atoms with E-state index in [-0.39, 0.29) is 18.5 Å². The molecule has 74 heavy (non-hydrogen) atoms. The molecule has 0 aliphatic carbocycles. The van der Waals surface area contributed by atoms with Crippen LogP contribution in [-0.2, 0) is 14.3 Å². The molecule has 0 aliphatic heterocycles. The Labute approximate surface area is 462 Å². The van der Waals surface area contributed by atoms with E-state index in [9.17, 15) is 19.8 Å². The fourth-order valence-electron chi connectivity index (χ4n) is 10.3. The van der Waals surface area contributed by atoms with E-state index in [1.165, 1.54) is 276 Å². The van der Waals surface area contributed by atoms with Gasteiger partial charge in [0.15, 0.2) is 0 Å². The topological polar surface area (TPSA) is 95.9 Å². The molecule has 436 valence electrons. The number of nitrogens with one attached hydrogen (secondary N) is 1. The summed E-state index contributed by atoms with van der Waals surface area (Å²) in [4.78, 5) is 24.6. The second-order valence-corrected chi connectivity index (χ2v) is 22.8. The number of esters is 1. The van der Waals surface area contributed by atoms with Crippen LogP contribution in [-0.4, -0.2) is 47.4 Å². The van der Waals surface area contributed by atoms with E-state index in [1.54, 1.807) is 0 Å². The molecule has 0 fully saturated rings. The highest BCUT2D eigenvalue weighted by molar-refractivity contribution is 5.76. The molecule has 0 bridgehead atoms. The van der Waals surface area contributed by atoms with Crippen molar-refractivity contribution in [1.82, 2.24) is 5.32 Å². The van der Waals surface area contributed by atoms with Crippen LogP contribution in [0, 0.1) is 0 Å². The monoisotopic (exact) mass is 1040 g/mol. The summed E-state index contributed by atoms with van der Waals surface area (Å²) in [6.45, 7) is 4.94. The van der Waals surface area contributed by atoms with Crippen LogP contribution in [0.3, 0.4) is 0 Å². The highest BCUT2D eigenvalue weighted by atomic mass is 16.5. The van der Waals surface area contributed by atoms with Crippen LogP contribution in [0.1, 0.15) is 361 Å². The molecule has 6 heteroatoms. The van der Waals surface area contributed by atoms with Crippen molar-refractivity contribution >= 4 is 11.9 Å². The number of amides is 1. The molecule has 0 aromatic rings. The molecule has 2 unspecified atom stereocenters. The van der Waals surface area contributed by atoms with Gasteiger partial charge >= 0.3 is 5.97 Å². The first kappa shape index (κ1) is 72.1. The third-order valence-electron chi connectivity index (χ3n) is 15.4. The van der Waals surface area contributed by atoms with Crippen LogP contribution < -0.4 is 5.32 Å². The SMILES string of the molecule is CCCCC/C=C\C/C=C\CCCCCCCCCC(=O)OCCCCCCCCCCCCCC/C=C\CCCCCCCCCCCC(=O)NC(CO)C(O)CCCCCCCCCCCCCCCCC. The van der Waals surface area contributed by atoms with Gasteiger partial charge in [-0.2, -0.15) is 0 Å². The summed E-state index contributed by atoms with van der Waals surface area (Å²) in [7, 11) is 0. The van der Waals surface area contributed by atoms with Gasteiger partial charge in [0.2, 0.25) is 5.91 Å². The van der Waals surface area contributed by atoms with Crippen LogP contribution in [0.4, 0.5) is 0 Å². The highest BCUT2D eigenvalue weighted by Crippen LogP contribution is 2.18. The molecule has 0 aromatic heterocycles. The smallest absolute Gasteiger partial charge is 0.305 e. The van der Waals surface area contributed by atoms with Crippen LogP contribution in [0.15, 0.2) is 36.5 Å². The molecule has 0 rings (SSSR count). The number of hydrogen-bond acceptors (Lipinski definition) is 5. The summed E-state index contributed by atoms with van der Waals surface area (Å²) < 4.78 is 5.49. The third kappa shape index (κ3) is 59.3. The van der Waals surface area contributed by atoms with E-state index in [0.717, 1.165) is 51.4 Å². The minimum absolute atomic E-state index is 0.00598. The highest BCUT2D eigenvalue weighted by Gasteiger charge is 2.20. The summed E-state index contributed by atoms with van der Waals surface area (Å²) in [5.41, 5.74) is 0. The molecule has 0 heterocycles. The van der Waals surface area contributed by atoms with E-state index < -0.39 is 12.1 Å². The standard InChI is InChI=1S/C68H129NO5/c1-3-5-7-9-11-13-15-17-19-29-34-38-42-46-50-54-58-62-68(73)74-63-59-55-51-47-43-39-35-31-28-26-24-22-20-21-23-25-27-30-33-37-41-45-49-53-57-61-67(72)69-65(64-70)66(71)60-56-52-48-44-40-36-32-18-16-14-12-10-8-6-4-2/h11,13,17,19,21,23,65-66,70-71H,3-10,12,14-16,18,20,22,24-64H2,1-2H3,(H,69,72)/b13-11-,19-17-,23-21-. The number of hydrogen-bond donors (Lipinski definition) is 3. The van der Waals surface area contributed by atoms with Gasteiger partial charge in [-0.15, -0.1) is 0 Å². The molecule has 0 aliphatic rings. The lowest BCUT2D eigenvalue weighted by molar-refractivity contribution is -0.143. The first-order valence-corrected chi connectivity index (χ1v) is 33.2. The lowest BCUT2D eigenvalue weighted by atomic mass is 10.0. The maximum atomic E-state index is 12.5. The lowest BCUT2D eigenvalue weighted by Gasteiger charge is -2.22. The van der Waals surface area contributed by atoms with Gasteiger partial charge in [0, 0.05) is 12.8 Å². The van der Waals surface area contributed by atoms with Crippen molar-refractivity contribution in [3.8, 4) is 0 Å². The molecule has 3 N–H and O–H groups in total. The summed E-state index contributed by atoms with van der Waals surface area (Å²) in [6, 6.07) is -0.544. The Morgan fingerprint density at radius 3 is 1.07 bits per heavy atom. The zero-order valence-corrected chi connectivity index (χ0v) is 49.8. The molecule has 0 radical (unpaired) electrons. The van der Waals surface area contributed by atoms with Crippen molar-refractivity contribution < 1.29 is 24.5 Å². The second-order valence-electron chi connectivity index (χ2n) is 22.8. The largest absolute Gasteiger partial charge is 0.466 e. The Bertz CT molecular complexity index is 1200. The van der Waals surface area contributed by atoms with Crippen LogP contribution in [0.25, 0.3) is 0 Å². The van der Waals surface area contributed by atoms with Crippen LogP contribution in [0.5, 0.6) is 0 Å². The fraction of sp³-hybridized carbons (Fsp3) is 0.882. The van der Waals surface area contributed by atoms with Gasteiger partial charge in [-0.1, -0.05) is 301 Å². The van der Waals surface area contributed by atoms with E-state index in [1.807, 2.05) is 0 Å². The number of aliphatic hydroxyl groups is 2. The number of carbonyl (C=O) groups excluding carboxylic acids is 2. The normalized spacial score (nSPS) is 12.8. The van der Waals surface area contributed by atoms with Gasteiger partial charge in [0.05, 0.1) is 25.4 Å². The van der Waals surface area contributed by atoms with Gasteiger partial charge in [-0.3, -0.25) is 9.59 Å². The maximum Gasteiger partial charge on any atom is 0.305 e. The summed E-state index contributed by atoms with van der Waals surface area (Å²) in [6.07, 6.45) is 80.2. The maximum absolute atomic E-state index is 12.5. The van der Waals surface area contributed by atoms with E-state index in [2.05, 4.69) is 55.6 Å². The zero-order valence-electron chi connectivity index (χ0n) is 49.8. The van der Waals surface area contributed by atoms with Crippen molar-refractivity contribution in [1.29, 1.82) is 0 Å². The summed E-state index contributed by atoms with van der Waals surface area (Å²) in [5, 5.41) is 23.3. The molecule has 0 saturated heterocycles. The average molecular weight is 1040 g/mol. The van der Waals surface area contributed by atoms with Gasteiger partial charge in [-0.05, 0) is 83.5 Å². The zero-order chi connectivity index (χ0) is 53.6. The number of unbranched alkanes of at least 4 members (excludes halogenated alkanes) is 45. The summed E-state index contributed by atoms with van der Waals surface area (Å²) >= 11 is 0. The molecule has 6 nitrogen and oxygen atoms in total. The van der Waals surface area contributed by atoms with Gasteiger partial charge < -0.3 is 20.3 Å². The minimum atomic E-state index is -0.666. The fourth-order valence-corrected chi connectivity index (χ4v) is 10.3. The molecule has 2 atom stereocenters. The van der Waals surface area contributed by atoms with Gasteiger partial charge in [0.1, 0.15) is 0 Å². The number of allylic oxidation sites excluding steroid dienone is 6. The van der Waals surface area contributed by atoms with Gasteiger partial charge in [-0.25, -0.2) is 0 Å². The predicted molar refractivity (Wildman–Crippen MR) is 324 cm³/mol. The first-order chi connectivity index (χ1) is 36.5. The Kier molecular flexibility index (Phi) is 62.0. The quantitative estimate of drug-likeness (QED) is 0.0320. The number of rotatable bonds is 62. The molecule has 0 saturated carbocycles. The second kappa shape index (κ2) is 63.6. The molecular formula is C68H129NO5. The molecule has 0 spiro atoms. The minimum Gasteiger partial charge on any atom is -0.466 e. The van der Waals surface area contributed by atoms with Crippen molar-refractivity contribution in [2.45, 2.75) is 373 Å². The summed E-state index contributed by atoms with van der Waals surface area (Å²) in [5.74, 6) is -0.0302. The molecule has 1 amide bonds. The van der Waals surface area contributed by atoms with Crippen LogP contribution >= 0.6 is 0 Å². The Hall–Kier alpha value is -1.92.